The van der Waals surface area contributed by atoms with Crippen molar-refractivity contribution in [2.45, 2.75) is 0 Å². The molecule has 0 radical (unpaired) electrons. The molecule has 0 bridgehead atoms. The normalized spacial score (nSPS) is 14.8. The van der Waals surface area contributed by atoms with Crippen molar-refractivity contribution in [3.63, 3.8) is 0 Å². The molecule has 2 heterocycles. The number of aromatic nitrogens is 1. The van der Waals surface area contributed by atoms with E-state index in [0.717, 1.165) is 43.3 Å². The van der Waals surface area contributed by atoms with E-state index >= 15 is 0 Å². The van der Waals surface area contributed by atoms with E-state index in [9.17, 15) is 0 Å². The molecule has 0 unspecified atom stereocenters. The van der Waals surface area contributed by atoms with Gasteiger partial charge in [-0.1, -0.05) is 12.1 Å². The fraction of sp³-hybridized carbons (Fsp3) is 0.312. The van der Waals surface area contributed by atoms with E-state index in [4.69, 9.17) is 10.6 Å². The summed E-state index contributed by atoms with van der Waals surface area (Å²) >= 11 is 0. The Bertz CT molecular complexity index is 608. The first-order valence-corrected chi connectivity index (χ1v) is 7.37. The zero-order valence-corrected chi connectivity index (χ0v) is 12.7. The molecule has 1 aliphatic heterocycles. The minimum absolute atomic E-state index is 0.677. The molecule has 1 saturated heterocycles. The smallest absolute Gasteiger partial charge is 0.142 e. The molecule has 1 fully saturated rings. The summed E-state index contributed by atoms with van der Waals surface area (Å²) < 4.78 is 5.45. The lowest BCUT2D eigenvalue weighted by Crippen LogP contribution is -2.46. The van der Waals surface area contributed by atoms with Crippen LogP contribution in [0.3, 0.4) is 0 Å². The van der Waals surface area contributed by atoms with Crippen molar-refractivity contribution < 1.29 is 4.74 Å². The second kappa shape index (κ2) is 6.53. The first-order valence-electron chi connectivity index (χ1n) is 7.37. The van der Waals surface area contributed by atoms with Crippen LogP contribution in [0.25, 0.3) is 0 Å². The van der Waals surface area contributed by atoms with Gasteiger partial charge in [0.15, 0.2) is 0 Å². The van der Waals surface area contributed by atoms with E-state index in [1.807, 2.05) is 36.5 Å². The van der Waals surface area contributed by atoms with E-state index in [-0.39, 0.29) is 0 Å². The Kier molecular flexibility index (Phi) is 4.29. The predicted molar refractivity (Wildman–Crippen MR) is 89.5 cm³/mol. The van der Waals surface area contributed by atoms with Crippen LogP contribution in [0.2, 0.25) is 0 Å². The maximum atomic E-state index is 5.45. The first kappa shape index (κ1) is 14.5. The lowest BCUT2D eigenvalue weighted by molar-refractivity contribution is 0.413. The highest BCUT2D eigenvalue weighted by molar-refractivity contribution is 5.60. The third-order valence-corrected chi connectivity index (χ3v) is 3.97. The number of nitrogens with two attached hydrogens (primary N) is 1. The van der Waals surface area contributed by atoms with E-state index in [1.54, 1.807) is 7.11 Å². The Hall–Kier alpha value is -2.47. The second-order valence-corrected chi connectivity index (χ2v) is 5.19. The van der Waals surface area contributed by atoms with Gasteiger partial charge < -0.3 is 20.0 Å². The van der Waals surface area contributed by atoms with Crippen molar-refractivity contribution in [3.8, 4) is 5.75 Å². The molecular weight excluding hydrogens is 278 g/mol. The number of hydrogen-bond acceptors (Lipinski definition) is 6. The quantitative estimate of drug-likeness (QED) is 0.662. The zero-order chi connectivity index (χ0) is 15.4. The van der Waals surface area contributed by atoms with Crippen LogP contribution >= 0.6 is 0 Å². The number of para-hydroxylation sites is 2. The fourth-order valence-electron chi connectivity index (χ4n) is 2.76. The maximum Gasteiger partial charge on any atom is 0.142 e. The number of hydrogen-bond donors (Lipinski definition) is 2. The van der Waals surface area contributed by atoms with Crippen LogP contribution in [0.5, 0.6) is 5.75 Å². The highest BCUT2D eigenvalue weighted by Crippen LogP contribution is 2.29. The van der Waals surface area contributed by atoms with E-state index in [1.165, 1.54) is 0 Å². The van der Waals surface area contributed by atoms with Gasteiger partial charge in [0, 0.05) is 26.2 Å². The van der Waals surface area contributed by atoms with Gasteiger partial charge in [0.1, 0.15) is 11.6 Å². The summed E-state index contributed by atoms with van der Waals surface area (Å²) in [6.07, 6.45) is 1.86. The van der Waals surface area contributed by atoms with Gasteiger partial charge in [0.25, 0.3) is 0 Å². The third kappa shape index (κ3) is 2.92. The molecule has 1 aromatic carbocycles. The number of nitrogen functional groups attached to an aromatic ring is 1. The maximum absolute atomic E-state index is 5.45. The van der Waals surface area contributed by atoms with Gasteiger partial charge in [0.05, 0.1) is 24.7 Å². The van der Waals surface area contributed by atoms with Crippen LogP contribution in [0, 0.1) is 0 Å². The molecule has 0 atom stereocenters. The van der Waals surface area contributed by atoms with Crippen molar-refractivity contribution in [3.05, 3.63) is 42.6 Å². The Morgan fingerprint density at radius 3 is 2.41 bits per heavy atom. The molecule has 2 aromatic rings. The van der Waals surface area contributed by atoms with Gasteiger partial charge in [-0.05, 0) is 24.3 Å². The number of pyridine rings is 1. The molecule has 0 spiro atoms. The molecule has 1 aliphatic rings. The van der Waals surface area contributed by atoms with E-state index in [2.05, 4.69) is 26.3 Å². The van der Waals surface area contributed by atoms with Gasteiger partial charge in [-0.3, -0.25) is 0 Å². The van der Waals surface area contributed by atoms with Gasteiger partial charge in [-0.25, -0.2) is 10.8 Å². The molecule has 0 aliphatic carbocycles. The van der Waals surface area contributed by atoms with Crippen LogP contribution in [-0.4, -0.2) is 38.3 Å². The second-order valence-electron chi connectivity index (χ2n) is 5.19. The van der Waals surface area contributed by atoms with E-state index < -0.39 is 0 Å². The van der Waals surface area contributed by atoms with E-state index in [0.29, 0.717) is 5.82 Å². The number of nitrogens with one attached hydrogen (secondary N) is 1. The highest BCUT2D eigenvalue weighted by Gasteiger charge is 2.19. The number of benzene rings is 1. The largest absolute Gasteiger partial charge is 0.495 e. The molecule has 116 valence electrons. The average Bonchev–Trinajstić information content (AvgIpc) is 2.62. The summed E-state index contributed by atoms with van der Waals surface area (Å²) in [7, 11) is 1.72. The number of anilines is 3. The van der Waals surface area contributed by atoms with Gasteiger partial charge >= 0.3 is 0 Å². The molecule has 0 amide bonds. The lowest BCUT2D eigenvalue weighted by Gasteiger charge is -2.37. The number of rotatable bonds is 4. The Morgan fingerprint density at radius 2 is 1.77 bits per heavy atom. The summed E-state index contributed by atoms with van der Waals surface area (Å²) in [4.78, 5) is 8.96. The van der Waals surface area contributed by atoms with Crippen molar-refractivity contribution in [2.24, 2.45) is 5.84 Å². The third-order valence-electron chi connectivity index (χ3n) is 3.97. The number of piperazine rings is 1. The van der Waals surface area contributed by atoms with Crippen molar-refractivity contribution >= 4 is 17.2 Å². The Morgan fingerprint density at radius 1 is 1.05 bits per heavy atom. The molecular formula is C16H21N5O. The number of methoxy groups -OCH3 is 1. The van der Waals surface area contributed by atoms with Gasteiger partial charge in [-0.2, -0.15) is 0 Å². The summed E-state index contributed by atoms with van der Waals surface area (Å²) in [6.45, 7) is 3.82. The van der Waals surface area contributed by atoms with Crippen molar-refractivity contribution in [1.82, 2.24) is 4.98 Å². The molecule has 1 aromatic heterocycles. The average molecular weight is 299 g/mol. The zero-order valence-electron chi connectivity index (χ0n) is 12.7. The summed E-state index contributed by atoms with van der Waals surface area (Å²) in [5.41, 5.74) is 4.83. The van der Waals surface area contributed by atoms with Gasteiger partial charge in [0.2, 0.25) is 0 Å². The van der Waals surface area contributed by atoms with Gasteiger partial charge in [-0.15, -0.1) is 0 Å². The minimum atomic E-state index is 0.677. The topological polar surface area (TPSA) is 66.7 Å². The standard InChI is InChI=1S/C16H21N5O/c1-22-15-5-3-2-4-14(15)21-10-8-20(9-11-21)13-6-7-16(19-17)18-12-13/h2-7,12H,8-11,17H2,1H3,(H,18,19). The fourth-order valence-corrected chi connectivity index (χ4v) is 2.76. The molecule has 6 heteroatoms. The summed E-state index contributed by atoms with van der Waals surface area (Å²) in [5, 5.41) is 0. The Labute approximate surface area is 130 Å². The SMILES string of the molecule is COc1ccccc1N1CCN(c2ccc(NN)nc2)CC1. The number of nitrogens with zero attached hydrogens (tertiary/aromatic N) is 3. The molecule has 3 N–H and O–H groups in total. The van der Waals surface area contributed by atoms with Crippen LogP contribution in [0.1, 0.15) is 0 Å². The highest BCUT2D eigenvalue weighted by atomic mass is 16.5. The van der Waals surface area contributed by atoms with Crippen LogP contribution in [0.4, 0.5) is 17.2 Å². The summed E-state index contributed by atoms with van der Waals surface area (Å²) in [5.74, 6) is 6.95. The molecule has 6 nitrogen and oxygen atoms in total. The number of ether oxygens (including phenoxy) is 1. The minimum Gasteiger partial charge on any atom is -0.495 e. The van der Waals surface area contributed by atoms with Crippen LogP contribution < -0.4 is 25.8 Å². The van der Waals surface area contributed by atoms with Crippen LogP contribution in [-0.2, 0) is 0 Å². The van der Waals surface area contributed by atoms with Crippen molar-refractivity contribution in [1.29, 1.82) is 0 Å². The van der Waals surface area contributed by atoms with Crippen molar-refractivity contribution in [2.75, 3.05) is 48.5 Å². The van der Waals surface area contributed by atoms with Crippen LogP contribution in [0.15, 0.2) is 42.6 Å². The monoisotopic (exact) mass is 299 g/mol. The molecule has 3 rings (SSSR count). The lowest BCUT2D eigenvalue weighted by atomic mass is 10.2. The Balaban J connectivity index is 1.67. The molecule has 0 saturated carbocycles. The molecule has 22 heavy (non-hydrogen) atoms. The number of hydrazine groups is 1. The summed E-state index contributed by atoms with van der Waals surface area (Å²) in [6, 6.07) is 12.1. The predicted octanol–water partition coefficient (Wildman–Crippen LogP) is 1.70. The first-order chi connectivity index (χ1) is 10.8.